The van der Waals surface area contributed by atoms with Crippen molar-refractivity contribution in [2.75, 3.05) is 0 Å². The molecular weight excluding hydrogens is 152 g/mol. The number of aryl methyl sites for hydroxylation is 1. The number of hydrogen-bond acceptors (Lipinski definition) is 2. The van der Waals surface area contributed by atoms with E-state index in [0.717, 1.165) is 25.0 Å². The molecule has 0 saturated carbocycles. The third kappa shape index (κ3) is 1.05. The quantitative estimate of drug-likeness (QED) is 0.612. The monoisotopic (exact) mass is 166 g/mol. The Hall–Kier alpha value is -0.830. The Kier molecular flexibility index (Phi) is 1.68. The standard InChI is InChI=1S/C9H14N2O/c1-6-8-4-3-7(12)5-9(8)10-11(6)2/h7,12H,3-5H2,1-2H3. The normalized spacial score (nSPS) is 22.4. The summed E-state index contributed by atoms with van der Waals surface area (Å²) >= 11 is 0. The summed E-state index contributed by atoms with van der Waals surface area (Å²) in [4.78, 5) is 0. The number of fused-ring (bicyclic) bond motifs is 1. The van der Waals surface area contributed by atoms with Gasteiger partial charge in [-0.25, -0.2) is 0 Å². The highest BCUT2D eigenvalue weighted by atomic mass is 16.3. The van der Waals surface area contributed by atoms with Crippen molar-refractivity contribution in [3.05, 3.63) is 17.0 Å². The lowest BCUT2D eigenvalue weighted by Crippen LogP contribution is -2.18. The van der Waals surface area contributed by atoms with Gasteiger partial charge in [-0.05, 0) is 25.3 Å². The molecule has 1 aromatic heterocycles. The van der Waals surface area contributed by atoms with Gasteiger partial charge in [0.25, 0.3) is 0 Å². The molecule has 0 fully saturated rings. The van der Waals surface area contributed by atoms with Crippen LogP contribution < -0.4 is 0 Å². The van der Waals surface area contributed by atoms with Crippen molar-refractivity contribution < 1.29 is 5.11 Å². The van der Waals surface area contributed by atoms with Gasteiger partial charge in [-0.2, -0.15) is 5.10 Å². The number of aromatic nitrogens is 2. The molecule has 0 aliphatic heterocycles. The van der Waals surface area contributed by atoms with Crippen LogP contribution in [0.15, 0.2) is 0 Å². The first-order chi connectivity index (χ1) is 5.68. The van der Waals surface area contributed by atoms with Gasteiger partial charge < -0.3 is 5.11 Å². The van der Waals surface area contributed by atoms with E-state index in [2.05, 4.69) is 12.0 Å². The van der Waals surface area contributed by atoms with Gasteiger partial charge in [-0.15, -0.1) is 0 Å². The van der Waals surface area contributed by atoms with E-state index in [0.29, 0.717) is 0 Å². The van der Waals surface area contributed by atoms with Gasteiger partial charge in [0.15, 0.2) is 0 Å². The van der Waals surface area contributed by atoms with E-state index >= 15 is 0 Å². The third-order valence-electron chi connectivity index (χ3n) is 2.70. The maximum atomic E-state index is 9.41. The Morgan fingerprint density at radius 3 is 3.08 bits per heavy atom. The van der Waals surface area contributed by atoms with Crippen molar-refractivity contribution in [2.24, 2.45) is 7.05 Å². The maximum Gasteiger partial charge on any atom is 0.0684 e. The van der Waals surface area contributed by atoms with Gasteiger partial charge in [0, 0.05) is 19.2 Å². The van der Waals surface area contributed by atoms with Crippen LogP contribution in [0.25, 0.3) is 0 Å². The molecule has 1 aromatic rings. The summed E-state index contributed by atoms with van der Waals surface area (Å²) in [5.74, 6) is 0. The Balaban J connectivity index is 2.43. The van der Waals surface area contributed by atoms with Crippen LogP contribution in [0, 0.1) is 6.92 Å². The van der Waals surface area contributed by atoms with E-state index in [4.69, 9.17) is 0 Å². The Labute approximate surface area is 72.0 Å². The van der Waals surface area contributed by atoms with Crippen LogP contribution in [0.5, 0.6) is 0 Å². The lowest BCUT2D eigenvalue weighted by Gasteiger charge is -2.15. The van der Waals surface area contributed by atoms with E-state index in [-0.39, 0.29) is 6.10 Å². The van der Waals surface area contributed by atoms with Gasteiger partial charge in [0.1, 0.15) is 0 Å². The van der Waals surface area contributed by atoms with Crippen LogP contribution in [0.3, 0.4) is 0 Å². The highest BCUT2D eigenvalue weighted by Gasteiger charge is 2.21. The van der Waals surface area contributed by atoms with Crippen molar-refractivity contribution in [1.29, 1.82) is 0 Å². The largest absolute Gasteiger partial charge is 0.393 e. The van der Waals surface area contributed by atoms with Crippen LogP contribution in [-0.2, 0) is 19.9 Å². The van der Waals surface area contributed by atoms with Gasteiger partial charge in [-0.1, -0.05) is 0 Å². The highest BCUT2D eigenvalue weighted by molar-refractivity contribution is 5.28. The summed E-state index contributed by atoms with van der Waals surface area (Å²) in [6.07, 6.45) is 2.43. The van der Waals surface area contributed by atoms with E-state index in [1.807, 2.05) is 11.7 Å². The Morgan fingerprint density at radius 2 is 2.33 bits per heavy atom. The minimum atomic E-state index is -0.174. The predicted octanol–water partition coefficient (Wildman–Crippen LogP) is 0.578. The smallest absolute Gasteiger partial charge is 0.0684 e. The summed E-state index contributed by atoms with van der Waals surface area (Å²) in [6.45, 7) is 2.09. The van der Waals surface area contributed by atoms with E-state index in [1.165, 1.54) is 11.3 Å². The maximum absolute atomic E-state index is 9.41. The van der Waals surface area contributed by atoms with E-state index < -0.39 is 0 Å². The molecule has 1 unspecified atom stereocenters. The Bertz CT molecular complexity index is 304. The lowest BCUT2D eigenvalue weighted by molar-refractivity contribution is 0.157. The first kappa shape index (κ1) is 7.80. The molecule has 2 rings (SSSR count). The fourth-order valence-corrected chi connectivity index (χ4v) is 1.85. The SMILES string of the molecule is Cc1c2c(nn1C)CC(O)CC2. The van der Waals surface area contributed by atoms with Crippen molar-refractivity contribution in [3.63, 3.8) is 0 Å². The van der Waals surface area contributed by atoms with E-state index in [9.17, 15) is 5.11 Å². The second-order valence-corrected chi connectivity index (χ2v) is 3.53. The molecule has 1 atom stereocenters. The van der Waals surface area contributed by atoms with E-state index in [1.54, 1.807) is 0 Å². The lowest BCUT2D eigenvalue weighted by atomic mass is 9.94. The van der Waals surface area contributed by atoms with Crippen LogP contribution >= 0.6 is 0 Å². The van der Waals surface area contributed by atoms with Crippen LogP contribution in [-0.4, -0.2) is 21.0 Å². The second-order valence-electron chi connectivity index (χ2n) is 3.53. The molecule has 1 N–H and O–H groups in total. The third-order valence-corrected chi connectivity index (χ3v) is 2.70. The number of rotatable bonds is 0. The zero-order valence-electron chi connectivity index (χ0n) is 7.54. The zero-order chi connectivity index (χ0) is 8.72. The first-order valence-corrected chi connectivity index (χ1v) is 4.38. The Morgan fingerprint density at radius 1 is 1.58 bits per heavy atom. The molecule has 0 bridgehead atoms. The molecule has 1 aliphatic carbocycles. The molecule has 0 amide bonds. The minimum Gasteiger partial charge on any atom is -0.393 e. The summed E-state index contributed by atoms with van der Waals surface area (Å²) in [5, 5.41) is 13.8. The average Bonchev–Trinajstić information content (AvgIpc) is 2.28. The predicted molar refractivity (Wildman–Crippen MR) is 46.0 cm³/mol. The second kappa shape index (κ2) is 2.59. The fourth-order valence-electron chi connectivity index (χ4n) is 1.85. The number of aliphatic hydroxyl groups excluding tert-OH is 1. The molecule has 66 valence electrons. The van der Waals surface area contributed by atoms with Crippen molar-refractivity contribution >= 4 is 0 Å². The molecule has 12 heavy (non-hydrogen) atoms. The molecule has 3 nitrogen and oxygen atoms in total. The molecular formula is C9H14N2O. The number of aliphatic hydroxyl groups is 1. The van der Waals surface area contributed by atoms with Gasteiger partial charge >= 0.3 is 0 Å². The molecule has 0 radical (unpaired) electrons. The summed E-state index contributed by atoms with van der Waals surface area (Å²) in [6, 6.07) is 0. The van der Waals surface area contributed by atoms with Crippen LogP contribution in [0.2, 0.25) is 0 Å². The van der Waals surface area contributed by atoms with Crippen LogP contribution in [0.4, 0.5) is 0 Å². The number of hydrogen-bond donors (Lipinski definition) is 1. The number of nitrogens with zero attached hydrogens (tertiary/aromatic N) is 2. The minimum absolute atomic E-state index is 0.174. The van der Waals surface area contributed by atoms with Gasteiger partial charge in [0.05, 0.1) is 11.8 Å². The molecule has 3 heteroatoms. The topological polar surface area (TPSA) is 38.0 Å². The molecule has 1 heterocycles. The molecule has 0 saturated heterocycles. The van der Waals surface area contributed by atoms with Crippen LogP contribution in [0.1, 0.15) is 23.4 Å². The highest BCUT2D eigenvalue weighted by Crippen LogP contribution is 2.22. The first-order valence-electron chi connectivity index (χ1n) is 4.38. The summed E-state index contributed by atoms with van der Waals surface area (Å²) < 4.78 is 1.91. The van der Waals surface area contributed by atoms with Gasteiger partial charge in [-0.3, -0.25) is 4.68 Å². The van der Waals surface area contributed by atoms with Crippen molar-refractivity contribution in [1.82, 2.24) is 9.78 Å². The summed E-state index contributed by atoms with van der Waals surface area (Å²) in [5.41, 5.74) is 3.69. The molecule has 0 spiro atoms. The molecule has 0 aromatic carbocycles. The van der Waals surface area contributed by atoms with Gasteiger partial charge in [0.2, 0.25) is 0 Å². The average molecular weight is 166 g/mol. The fraction of sp³-hybridized carbons (Fsp3) is 0.667. The zero-order valence-corrected chi connectivity index (χ0v) is 7.54. The molecule has 1 aliphatic rings. The summed E-state index contributed by atoms with van der Waals surface area (Å²) in [7, 11) is 1.96. The van der Waals surface area contributed by atoms with Crippen molar-refractivity contribution in [3.8, 4) is 0 Å². The van der Waals surface area contributed by atoms with Crippen molar-refractivity contribution in [2.45, 2.75) is 32.3 Å².